The van der Waals surface area contributed by atoms with Crippen molar-refractivity contribution in [3.8, 4) is 0 Å². The van der Waals surface area contributed by atoms with Crippen LogP contribution in [0.4, 0.5) is 0 Å². The van der Waals surface area contributed by atoms with Gasteiger partial charge in [0.05, 0.1) is 0 Å². The standard InChI is InChI=1S/C19H24N2.2ClH/c20-19(15-17-7-3-1-4-8-17)11-13-21(14-12-19)16-18-9-5-2-6-10-18;;/h1-10H,11-16,20H2;2*1H. The van der Waals surface area contributed by atoms with Gasteiger partial charge < -0.3 is 5.73 Å². The van der Waals surface area contributed by atoms with Crippen molar-refractivity contribution >= 4 is 24.8 Å². The molecule has 0 radical (unpaired) electrons. The Labute approximate surface area is 151 Å². The van der Waals surface area contributed by atoms with Crippen LogP contribution in [0.25, 0.3) is 0 Å². The minimum absolute atomic E-state index is 0. The Morgan fingerprint density at radius 3 is 1.78 bits per heavy atom. The fourth-order valence-electron chi connectivity index (χ4n) is 3.18. The van der Waals surface area contributed by atoms with Gasteiger partial charge in [0.15, 0.2) is 0 Å². The maximum atomic E-state index is 6.62. The number of likely N-dealkylation sites (tertiary alicyclic amines) is 1. The van der Waals surface area contributed by atoms with Crippen molar-refractivity contribution in [2.24, 2.45) is 5.73 Å². The van der Waals surface area contributed by atoms with Gasteiger partial charge in [0.2, 0.25) is 0 Å². The van der Waals surface area contributed by atoms with E-state index in [9.17, 15) is 0 Å². The molecule has 126 valence electrons. The molecule has 3 rings (SSSR count). The number of benzene rings is 2. The number of nitrogens with zero attached hydrogens (tertiary/aromatic N) is 1. The third-order valence-electron chi connectivity index (χ3n) is 4.50. The molecule has 0 aliphatic carbocycles. The minimum Gasteiger partial charge on any atom is -0.325 e. The van der Waals surface area contributed by atoms with Crippen LogP contribution in [0.15, 0.2) is 60.7 Å². The molecule has 4 heteroatoms. The van der Waals surface area contributed by atoms with Crippen molar-refractivity contribution in [2.75, 3.05) is 13.1 Å². The fourth-order valence-corrected chi connectivity index (χ4v) is 3.18. The summed E-state index contributed by atoms with van der Waals surface area (Å²) in [6, 6.07) is 21.3. The van der Waals surface area contributed by atoms with Gasteiger partial charge in [-0.15, -0.1) is 24.8 Å². The topological polar surface area (TPSA) is 29.3 Å². The predicted molar refractivity (Wildman–Crippen MR) is 103 cm³/mol. The highest BCUT2D eigenvalue weighted by atomic mass is 35.5. The van der Waals surface area contributed by atoms with Crippen molar-refractivity contribution in [1.82, 2.24) is 4.90 Å². The van der Waals surface area contributed by atoms with Crippen molar-refractivity contribution in [3.05, 3.63) is 71.8 Å². The van der Waals surface area contributed by atoms with E-state index in [4.69, 9.17) is 5.73 Å². The third kappa shape index (κ3) is 5.82. The van der Waals surface area contributed by atoms with Gasteiger partial charge in [-0.05, 0) is 30.4 Å². The Hall–Kier alpha value is -1.06. The molecule has 2 nitrogen and oxygen atoms in total. The highest BCUT2D eigenvalue weighted by molar-refractivity contribution is 5.85. The second-order valence-corrected chi connectivity index (χ2v) is 6.29. The van der Waals surface area contributed by atoms with Crippen molar-refractivity contribution in [3.63, 3.8) is 0 Å². The summed E-state index contributed by atoms with van der Waals surface area (Å²) in [6.45, 7) is 3.23. The second-order valence-electron chi connectivity index (χ2n) is 6.29. The average molecular weight is 353 g/mol. The minimum atomic E-state index is -0.0332. The molecule has 0 saturated carbocycles. The Balaban J connectivity index is 0.00000132. The molecule has 0 amide bonds. The van der Waals surface area contributed by atoms with E-state index in [1.807, 2.05) is 0 Å². The van der Waals surface area contributed by atoms with E-state index < -0.39 is 0 Å². The van der Waals surface area contributed by atoms with Gasteiger partial charge >= 0.3 is 0 Å². The molecular formula is C19H26Cl2N2. The summed E-state index contributed by atoms with van der Waals surface area (Å²) in [4.78, 5) is 2.52. The highest BCUT2D eigenvalue weighted by Gasteiger charge is 2.30. The van der Waals surface area contributed by atoms with E-state index in [-0.39, 0.29) is 30.4 Å². The van der Waals surface area contributed by atoms with E-state index in [1.165, 1.54) is 11.1 Å². The van der Waals surface area contributed by atoms with E-state index >= 15 is 0 Å². The first-order chi connectivity index (χ1) is 10.2. The lowest BCUT2D eigenvalue weighted by Crippen LogP contribution is -2.51. The smallest absolute Gasteiger partial charge is 0.0233 e. The molecular weight excluding hydrogens is 327 g/mol. The van der Waals surface area contributed by atoms with E-state index in [2.05, 4.69) is 65.6 Å². The molecule has 1 saturated heterocycles. The molecule has 2 aromatic carbocycles. The van der Waals surface area contributed by atoms with Crippen molar-refractivity contribution < 1.29 is 0 Å². The van der Waals surface area contributed by atoms with Crippen LogP contribution in [0.3, 0.4) is 0 Å². The lowest BCUT2D eigenvalue weighted by atomic mass is 9.83. The van der Waals surface area contributed by atoms with Gasteiger partial charge in [-0.25, -0.2) is 0 Å². The van der Waals surface area contributed by atoms with Gasteiger partial charge in [-0.2, -0.15) is 0 Å². The normalized spacial score (nSPS) is 16.9. The molecule has 0 unspecified atom stereocenters. The zero-order valence-corrected chi connectivity index (χ0v) is 15.0. The number of rotatable bonds is 4. The van der Waals surface area contributed by atoms with Crippen molar-refractivity contribution in [1.29, 1.82) is 0 Å². The van der Waals surface area contributed by atoms with E-state index in [0.29, 0.717) is 0 Å². The second kappa shape index (κ2) is 9.29. The number of halogens is 2. The van der Waals surface area contributed by atoms with E-state index in [1.54, 1.807) is 0 Å². The molecule has 1 aliphatic heterocycles. The number of piperidine rings is 1. The first kappa shape index (κ1) is 20.0. The first-order valence-corrected chi connectivity index (χ1v) is 7.83. The molecule has 0 atom stereocenters. The molecule has 0 bridgehead atoms. The summed E-state index contributed by atoms with van der Waals surface area (Å²) in [7, 11) is 0. The molecule has 0 aromatic heterocycles. The monoisotopic (exact) mass is 352 g/mol. The Bertz CT molecular complexity index is 552. The average Bonchev–Trinajstić information content (AvgIpc) is 2.52. The lowest BCUT2D eigenvalue weighted by molar-refractivity contribution is 0.155. The summed E-state index contributed by atoms with van der Waals surface area (Å²) in [6.07, 6.45) is 3.15. The number of hydrogen-bond donors (Lipinski definition) is 1. The van der Waals surface area contributed by atoms with Crippen LogP contribution in [0, 0.1) is 0 Å². The number of nitrogens with two attached hydrogens (primary N) is 1. The van der Waals surface area contributed by atoms with Crippen LogP contribution in [-0.2, 0) is 13.0 Å². The van der Waals surface area contributed by atoms with Crippen LogP contribution < -0.4 is 5.73 Å². The van der Waals surface area contributed by atoms with Gasteiger partial charge in [0.1, 0.15) is 0 Å². The van der Waals surface area contributed by atoms with Gasteiger partial charge in [0, 0.05) is 25.2 Å². The zero-order chi connectivity index (χ0) is 14.5. The fraction of sp³-hybridized carbons (Fsp3) is 0.368. The summed E-state index contributed by atoms with van der Waals surface area (Å²) in [5, 5.41) is 0. The molecule has 23 heavy (non-hydrogen) atoms. The van der Waals surface area contributed by atoms with Crippen molar-refractivity contribution in [2.45, 2.75) is 31.3 Å². The quantitative estimate of drug-likeness (QED) is 0.898. The SMILES string of the molecule is Cl.Cl.NC1(Cc2ccccc2)CCN(Cc2ccccc2)CC1. The van der Waals surface area contributed by atoms with Gasteiger partial charge in [-0.3, -0.25) is 4.90 Å². The Morgan fingerprint density at radius 2 is 1.26 bits per heavy atom. The molecule has 1 fully saturated rings. The number of hydrogen-bond acceptors (Lipinski definition) is 2. The molecule has 2 aromatic rings. The lowest BCUT2D eigenvalue weighted by Gasteiger charge is -2.39. The Morgan fingerprint density at radius 1 is 0.783 bits per heavy atom. The zero-order valence-electron chi connectivity index (χ0n) is 13.4. The third-order valence-corrected chi connectivity index (χ3v) is 4.50. The molecule has 1 heterocycles. The van der Waals surface area contributed by atoms with Crippen LogP contribution >= 0.6 is 24.8 Å². The summed E-state index contributed by atoms with van der Waals surface area (Å²) in [5.74, 6) is 0. The van der Waals surface area contributed by atoms with Gasteiger partial charge in [0.25, 0.3) is 0 Å². The maximum absolute atomic E-state index is 6.62. The maximum Gasteiger partial charge on any atom is 0.0233 e. The Kier molecular flexibility index (Phi) is 8.07. The summed E-state index contributed by atoms with van der Waals surface area (Å²) >= 11 is 0. The largest absolute Gasteiger partial charge is 0.325 e. The van der Waals surface area contributed by atoms with E-state index in [0.717, 1.165) is 38.9 Å². The van der Waals surface area contributed by atoms with Crippen LogP contribution in [0.2, 0.25) is 0 Å². The van der Waals surface area contributed by atoms with Crippen LogP contribution in [0.1, 0.15) is 24.0 Å². The predicted octanol–water partition coefficient (Wildman–Crippen LogP) is 4.07. The van der Waals surface area contributed by atoms with Crippen LogP contribution in [0.5, 0.6) is 0 Å². The highest BCUT2D eigenvalue weighted by Crippen LogP contribution is 2.25. The summed E-state index contributed by atoms with van der Waals surface area (Å²) in [5.41, 5.74) is 9.34. The summed E-state index contributed by atoms with van der Waals surface area (Å²) < 4.78 is 0. The van der Waals surface area contributed by atoms with Gasteiger partial charge in [-0.1, -0.05) is 60.7 Å². The first-order valence-electron chi connectivity index (χ1n) is 7.83. The molecule has 2 N–H and O–H groups in total. The molecule has 1 aliphatic rings. The molecule has 0 spiro atoms. The van der Waals surface area contributed by atoms with Crippen LogP contribution in [-0.4, -0.2) is 23.5 Å².